The predicted molar refractivity (Wildman–Crippen MR) is 86.0 cm³/mol. The molecule has 0 amide bonds. The molecule has 112 valence electrons. The topological polar surface area (TPSA) is 28.2 Å². The molecule has 3 nitrogen and oxygen atoms in total. The van der Waals surface area contributed by atoms with Crippen molar-refractivity contribution in [1.82, 2.24) is 10.3 Å². The number of nitrogens with one attached hydrogen (secondary N) is 1. The molecule has 0 saturated heterocycles. The van der Waals surface area contributed by atoms with Crippen LogP contribution in [0.1, 0.15) is 46.2 Å². The van der Waals surface area contributed by atoms with Crippen LogP contribution < -0.4 is 10.2 Å². The quantitative estimate of drug-likeness (QED) is 0.787. The molecule has 1 saturated carbocycles. The summed E-state index contributed by atoms with van der Waals surface area (Å²) in [5.74, 6) is 2.52. The fourth-order valence-electron chi connectivity index (χ4n) is 2.42. The van der Waals surface area contributed by atoms with Crippen LogP contribution in [0.2, 0.25) is 0 Å². The molecule has 1 fully saturated rings. The summed E-state index contributed by atoms with van der Waals surface area (Å²) in [5, 5.41) is 3.47. The molecule has 1 aliphatic carbocycles. The van der Waals surface area contributed by atoms with Gasteiger partial charge in [0.15, 0.2) is 0 Å². The standard InChI is InChI=1S/C17H29N3/c1-13(2)10-18-11-15-6-5-7-17(19-15)20(12-14(3)4)16-8-9-16/h5-7,13-14,16,18H,8-12H2,1-4H3. The van der Waals surface area contributed by atoms with Crippen molar-refractivity contribution in [2.75, 3.05) is 18.0 Å². The van der Waals surface area contributed by atoms with Gasteiger partial charge in [0.25, 0.3) is 0 Å². The second-order valence-corrected chi connectivity index (χ2v) is 6.79. The van der Waals surface area contributed by atoms with E-state index < -0.39 is 0 Å². The molecule has 20 heavy (non-hydrogen) atoms. The Morgan fingerprint density at radius 3 is 2.55 bits per heavy atom. The van der Waals surface area contributed by atoms with Crippen LogP contribution in [0.15, 0.2) is 18.2 Å². The van der Waals surface area contributed by atoms with Gasteiger partial charge in [0.1, 0.15) is 5.82 Å². The highest BCUT2D eigenvalue weighted by molar-refractivity contribution is 5.42. The van der Waals surface area contributed by atoms with Crippen molar-refractivity contribution in [2.24, 2.45) is 11.8 Å². The summed E-state index contributed by atoms with van der Waals surface area (Å²) in [5.41, 5.74) is 1.15. The van der Waals surface area contributed by atoms with Gasteiger partial charge in [-0.15, -0.1) is 0 Å². The number of nitrogens with zero attached hydrogens (tertiary/aromatic N) is 2. The van der Waals surface area contributed by atoms with Gasteiger partial charge in [-0.3, -0.25) is 0 Å². The molecule has 0 radical (unpaired) electrons. The Morgan fingerprint density at radius 2 is 1.95 bits per heavy atom. The zero-order valence-corrected chi connectivity index (χ0v) is 13.4. The normalized spacial score (nSPS) is 15.1. The lowest BCUT2D eigenvalue weighted by Crippen LogP contribution is -2.31. The SMILES string of the molecule is CC(C)CNCc1cccc(N(CC(C)C)C2CC2)n1. The highest BCUT2D eigenvalue weighted by Crippen LogP contribution is 2.31. The molecule has 0 aromatic carbocycles. The van der Waals surface area contributed by atoms with Gasteiger partial charge in [-0.25, -0.2) is 4.98 Å². The molecular weight excluding hydrogens is 246 g/mol. The van der Waals surface area contributed by atoms with E-state index in [9.17, 15) is 0 Å². The Hall–Kier alpha value is -1.09. The Bertz CT molecular complexity index is 410. The Kier molecular flexibility index (Phi) is 5.41. The third-order valence-corrected chi connectivity index (χ3v) is 3.49. The highest BCUT2D eigenvalue weighted by atomic mass is 15.2. The first kappa shape index (κ1) is 15.3. The van der Waals surface area contributed by atoms with E-state index in [1.165, 1.54) is 12.8 Å². The summed E-state index contributed by atoms with van der Waals surface area (Å²) in [6.45, 7) is 12.0. The van der Waals surface area contributed by atoms with Crippen LogP contribution in [0.3, 0.4) is 0 Å². The zero-order valence-electron chi connectivity index (χ0n) is 13.4. The van der Waals surface area contributed by atoms with Crippen LogP contribution in [-0.4, -0.2) is 24.1 Å². The van der Waals surface area contributed by atoms with Gasteiger partial charge in [-0.05, 0) is 43.4 Å². The van der Waals surface area contributed by atoms with Crippen molar-refractivity contribution >= 4 is 5.82 Å². The smallest absolute Gasteiger partial charge is 0.129 e. The second-order valence-electron chi connectivity index (χ2n) is 6.79. The number of hydrogen-bond donors (Lipinski definition) is 1. The van der Waals surface area contributed by atoms with Crippen molar-refractivity contribution in [3.05, 3.63) is 23.9 Å². The first-order valence-corrected chi connectivity index (χ1v) is 7.99. The summed E-state index contributed by atoms with van der Waals surface area (Å²) in [6, 6.07) is 7.15. The van der Waals surface area contributed by atoms with Gasteiger partial charge in [0.05, 0.1) is 5.69 Å². The summed E-state index contributed by atoms with van der Waals surface area (Å²) in [7, 11) is 0. The molecule has 2 rings (SSSR count). The summed E-state index contributed by atoms with van der Waals surface area (Å²) in [6.07, 6.45) is 2.65. The maximum atomic E-state index is 4.85. The van der Waals surface area contributed by atoms with E-state index in [2.05, 4.69) is 56.1 Å². The monoisotopic (exact) mass is 275 g/mol. The molecule has 0 aliphatic heterocycles. The van der Waals surface area contributed by atoms with Crippen molar-refractivity contribution in [3.63, 3.8) is 0 Å². The molecule has 1 N–H and O–H groups in total. The minimum atomic E-state index is 0.681. The Balaban J connectivity index is 1.99. The Labute approximate surface area is 123 Å². The molecule has 1 aromatic heterocycles. The van der Waals surface area contributed by atoms with E-state index in [1.807, 2.05) is 0 Å². The third-order valence-electron chi connectivity index (χ3n) is 3.49. The fraction of sp³-hybridized carbons (Fsp3) is 0.706. The van der Waals surface area contributed by atoms with E-state index in [0.29, 0.717) is 11.8 Å². The third kappa shape index (κ3) is 4.78. The molecule has 0 bridgehead atoms. The lowest BCUT2D eigenvalue weighted by atomic mass is 10.2. The average molecular weight is 275 g/mol. The first-order chi connectivity index (χ1) is 9.56. The lowest BCUT2D eigenvalue weighted by Gasteiger charge is -2.26. The second kappa shape index (κ2) is 7.07. The van der Waals surface area contributed by atoms with E-state index in [1.54, 1.807) is 0 Å². The van der Waals surface area contributed by atoms with Crippen molar-refractivity contribution in [3.8, 4) is 0 Å². The molecule has 0 unspecified atom stereocenters. The number of anilines is 1. The van der Waals surface area contributed by atoms with Gasteiger partial charge in [0, 0.05) is 19.1 Å². The van der Waals surface area contributed by atoms with Crippen LogP contribution in [0, 0.1) is 11.8 Å². The van der Waals surface area contributed by atoms with Crippen LogP contribution >= 0.6 is 0 Å². The molecule has 1 aliphatic rings. The summed E-state index contributed by atoms with van der Waals surface area (Å²) >= 11 is 0. The molecular formula is C17H29N3. The minimum Gasteiger partial charge on any atom is -0.353 e. The molecule has 1 aromatic rings. The van der Waals surface area contributed by atoms with Crippen molar-refractivity contribution < 1.29 is 0 Å². The van der Waals surface area contributed by atoms with Crippen LogP contribution in [0.4, 0.5) is 5.82 Å². The molecule has 0 spiro atoms. The van der Waals surface area contributed by atoms with Crippen molar-refractivity contribution in [1.29, 1.82) is 0 Å². The van der Waals surface area contributed by atoms with Gasteiger partial charge in [-0.1, -0.05) is 33.8 Å². The maximum Gasteiger partial charge on any atom is 0.129 e. The minimum absolute atomic E-state index is 0.681. The Morgan fingerprint density at radius 1 is 1.20 bits per heavy atom. The number of aromatic nitrogens is 1. The fourth-order valence-corrected chi connectivity index (χ4v) is 2.42. The van der Waals surface area contributed by atoms with Gasteiger partial charge < -0.3 is 10.2 Å². The van der Waals surface area contributed by atoms with E-state index in [-0.39, 0.29) is 0 Å². The summed E-state index contributed by atoms with van der Waals surface area (Å²) in [4.78, 5) is 7.34. The molecule has 3 heteroatoms. The number of hydrogen-bond acceptors (Lipinski definition) is 3. The van der Waals surface area contributed by atoms with Crippen LogP contribution in [0.25, 0.3) is 0 Å². The number of pyridine rings is 1. The van der Waals surface area contributed by atoms with Crippen LogP contribution in [-0.2, 0) is 6.54 Å². The van der Waals surface area contributed by atoms with Gasteiger partial charge >= 0.3 is 0 Å². The summed E-state index contributed by atoms with van der Waals surface area (Å²) < 4.78 is 0. The van der Waals surface area contributed by atoms with Gasteiger partial charge in [0.2, 0.25) is 0 Å². The first-order valence-electron chi connectivity index (χ1n) is 7.99. The number of rotatable bonds is 8. The van der Waals surface area contributed by atoms with Crippen molar-refractivity contribution in [2.45, 2.75) is 53.1 Å². The highest BCUT2D eigenvalue weighted by Gasteiger charge is 2.30. The van der Waals surface area contributed by atoms with E-state index in [4.69, 9.17) is 4.98 Å². The molecule has 0 atom stereocenters. The lowest BCUT2D eigenvalue weighted by molar-refractivity contribution is 0.547. The van der Waals surface area contributed by atoms with E-state index in [0.717, 1.165) is 37.2 Å². The zero-order chi connectivity index (χ0) is 14.5. The van der Waals surface area contributed by atoms with E-state index >= 15 is 0 Å². The maximum absolute atomic E-state index is 4.85. The van der Waals surface area contributed by atoms with Gasteiger partial charge in [-0.2, -0.15) is 0 Å². The predicted octanol–water partition coefficient (Wildman–Crippen LogP) is 3.45. The molecule has 1 heterocycles. The average Bonchev–Trinajstić information content (AvgIpc) is 3.20. The van der Waals surface area contributed by atoms with Crippen LogP contribution in [0.5, 0.6) is 0 Å². The largest absolute Gasteiger partial charge is 0.353 e.